The maximum Gasteiger partial charge on any atom is 0.283 e. The minimum absolute atomic E-state index is 0.0678. The van der Waals surface area contributed by atoms with E-state index in [-0.39, 0.29) is 32.4 Å². The van der Waals surface area contributed by atoms with Crippen LogP contribution in [0, 0.1) is 5.92 Å². The summed E-state index contributed by atoms with van der Waals surface area (Å²) in [4.78, 5) is 41.3. The lowest BCUT2D eigenvalue weighted by atomic mass is 9.98. The standard InChI is InChI=1S/C23H20Cl3N3O3/c1-13-8-10-28(11-9-13)21(30)14-4-2-5-15(12-14)27-20-19(26)22(31)29(23(20)32)17-7-3-6-16(24)18(17)25/h2-7,12-13,27H,8-11H2,1H3. The van der Waals surface area contributed by atoms with E-state index in [0.717, 1.165) is 30.8 Å². The molecule has 0 aliphatic carbocycles. The van der Waals surface area contributed by atoms with Crippen molar-refractivity contribution in [2.45, 2.75) is 19.8 Å². The van der Waals surface area contributed by atoms with Gasteiger partial charge >= 0.3 is 0 Å². The Hall–Kier alpha value is -2.54. The summed E-state index contributed by atoms with van der Waals surface area (Å²) in [7, 11) is 0. The number of nitrogens with zero attached hydrogens (tertiary/aromatic N) is 2. The number of anilines is 2. The van der Waals surface area contributed by atoms with E-state index in [1.165, 1.54) is 6.07 Å². The van der Waals surface area contributed by atoms with Crippen molar-refractivity contribution in [3.63, 3.8) is 0 Å². The molecule has 2 aromatic rings. The van der Waals surface area contributed by atoms with Crippen molar-refractivity contribution >= 4 is 63.9 Å². The first-order chi connectivity index (χ1) is 15.3. The monoisotopic (exact) mass is 491 g/mol. The number of imide groups is 1. The van der Waals surface area contributed by atoms with Crippen LogP contribution in [0.5, 0.6) is 0 Å². The zero-order valence-corrected chi connectivity index (χ0v) is 19.5. The van der Waals surface area contributed by atoms with Gasteiger partial charge in [0.15, 0.2) is 0 Å². The molecule has 6 nitrogen and oxygen atoms in total. The molecule has 0 radical (unpaired) electrons. The highest BCUT2D eigenvalue weighted by Gasteiger charge is 2.40. The average molecular weight is 493 g/mol. The van der Waals surface area contributed by atoms with Crippen LogP contribution in [0.25, 0.3) is 0 Å². The minimum Gasteiger partial charge on any atom is -0.350 e. The fraction of sp³-hybridized carbons (Fsp3) is 0.261. The van der Waals surface area contributed by atoms with Gasteiger partial charge in [-0.25, -0.2) is 4.90 Å². The lowest BCUT2D eigenvalue weighted by Crippen LogP contribution is -2.37. The second kappa shape index (κ2) is 9.14. The normalized spacial score (nSPS) is 17.4. The Morgan fingerprint density at radius 1 is 1.00 bits per heavy atom. The zero-order chi connectivity index (χ0) is 23.0. The van der Waals surface area contributed by atoms with Crippen LogP contribution in [0.4, 0.5) is 11.4 Å². The molecular weight excluding hydrogens is 473 g/mol. The lowest BCUT2D eigenvalue weighted by molar-refractivity contribution is -0.120. The van der Waals surface area contributed by atoms with Crippen LogP contribution in [0.2, 0.25) is 10.0 Å². The number of hydrogen-bond acceptors (Lipinski definition) is 4. The molecule has 1 N–H and O–H groups in total. The van der Waals surface area contributed by atoms with E-state index in [1.807, 2.05) is 4.90 Å². The molecule has 0 aromatic heterocycles. The predicted octanol–water partition coefficient (Wildman–Crippen LogP) is 5.30. The summed E-state index contributed by atoms with van der Waals surface area (Å²) in [6.07, 6.45) is 1.95. The first-order valence-electron chi connectivity index (χ1n) is 10.2. The Morgan fingerprint density at radius 3 is 2.41 bits per heavy atom. The zero-order valence-electron chi connectivity index (χ0n) is 17.2. The molecule has 166 valence electrons. The van der Waals surface area contributed by atoms with Crippen LogP contribution in [-0.2, 0) is 9.59 Å². The summed E-state index contributed by atoms with van der Waals surface area (Å²) in [5.74, 6) is -0.825. The van der Waals surface area contributed by atoms with Gasteiger partial charge in [0.2, 0.25) is 0 Å². The summed E-state index contributed by atoms with van der Waals surface area (Å²) in [6, 6.07) is 11.4. The van der Waals surface area contributed by atoms with E-state index in [4.69, 9.17) is 34.8 Å². The molecule has 2 heterocycles. The van der Waals surface area contributed by atoms with Crippen LogP contribution in [0.3, 0.4) is 0 Å². The van der Waals surface area contributed by atoms with Crippen molar-refractivity contribution in [2.75, 3.05) is 23.3 Å². The summed E-state index contributed by atoms with van der Waals surface area (Å²) in [5.41, 5.74) is 1.01. The van der Waals surface area contributed by atoms with Gasteiger partial charge in [0.1, 0.15) is 10.7 Å². The van der Waals surface area contributed by atoms with Gasteiger partial charge in [0, 0.05) is 24.3 Å². The summed E-state index contributed by atoms with van der Waals surface area (Å²) >= 11 is 18.4. The lowest BCUT2D eigenvalue weighted by Gasteiger charge is -2.30. The number of likely N-dealkylation sites (tertiary alicyclic amines) is 1. The minimum atomic E-state index is -0.710. The van der Waals surface area contributed by atoms with Crippen molar-refractivity contribution in [2.24, 2.45) is 5.92 Å². The summed E-state index contributed by atoms with van der Waals surface area (Å²) in [6.45, 7) is 3.62. The third-order valence-corrected chi connectivity index (χ3v) is 6.81. The van der Waals surface area contributed by atoms with Gasteiger partial charge in [-0.1, -0.05) is 53.9 Å². The number of halogens is 3. The maximum absolute atomic E-state index is 13.0. The van der Waals surface area contributed by atoms with E-state index < -0.39 is 11.8 Å². The van der Waals surface area contributed by atoms with Gasteiger partial charge in [-0.05, 0) is 49.1 Å². The predicted molar refractivity (Wildman–Crippen MR) is 126 cm³/mol. The topological polar surface area (TPSA) is 69.7 Å². The van der Waals surface area contributed by atoms with Crippen LogP contribution in [0.1, 0.15) is 30.1 Å². The molecule has 9 heteroatoms. The van der Waals surface area contributed by atoms with Gasteiger partial charge in [0.05, 0.1) is 15.7 Å². The fourth-order valence-electron chi connectivity index (χ4n) is 3.76. The quantitative estimate of drug-likeness (QED) is 0.588. The molecule has 0 bridgehead atoms. The smallest absolute Gasteiger partial charge is 0.283 e. The Labute approximate surface area is 200 Å². The van der Waals surface area contributed by atoms with E-state index in [9.17, 15) is 14.4 Å². The van der Waals surface area contributed by atoms with Gasteiger partial charge in [-0.15, -0.1) is 0 Å². The molecule has 0 spiro atoms. The SMILES string of the molecule is CC1CCN(C(=O)c2cccc(NC3=C(Cl)C(=O)N(c4cccc(Cl)c4Cl)C3=O)c2)CC1. The Morgan fingerprint density at radius 2 is 1.69 bits per heavy atom. The highest BCUT2D eigenvalue weighted by atomic mass is 35.5. The Balaban J connectivity index is 1.56. The van der Waals surface area contributed by atoms with Crippen molar-refractivity contribution in [1.82, 2.24) is 4.90 Å². The van der Waals surface area contributed by atoms with Crippen molar-refractivity contribution in [1.29, 1.82) is 0 Å². The summed E-state index contributed by atoms with van der Waals surface area (Å²) in [5, 5.41) is 2.91. The highest BCUT2D eigenvalue weighted by Crippen LogP contribution is 2.37. The molecule has 4 rings (SSSR count). The number of amides is 3. The van der Waals surface area contributed by atoms with Crippen LogP contribution < -0.4 is 10.2 Å². The molecule has 0 unspecified atom stereocenters. The number of carbonyl (C=O) groups is 3. The van der Waals surface area contributed by atoms with Gasteiger partial charge in [-0.2, -0.15) is 0 Å². The molecule has 1 fully saturated rings. The number of nitrogens with one attached hydrogen (secondary N) is 1. The molecule has 3 amide bonds. The third kappa shape index (κ3) is 4.22. The number of carbonyl (C=O) groups excluding carboxylic acids is 3. The van der Waals surface area contributed by atoms with Crippen molar-refractivity contribution < 1.29 is 14.4 Å². The molecular formula is C23H20Cl3N3O3. The maximum atomic E-state index is 13.0. The van der Waals surface area contributed by atoms with Crippen molar-refractivity contribution in [3.05, 3.63) is 68.8 Å². The fourth-order valence-corrected chi connectivity index (χ4v) is 4.36. The number of hydrogen-bond donors (Lipinski definition) is 1. The number of rotatable bonds is 4. The van der Waals surface area contributed by atoms with Crippen LogP contribution >= 0.6 is 34.8 Å². The average Bonchev–Trinajstić information content (AvgIpc) is 2.99. The number of piperidine rings is 1. The Bertz CT molecular complexity index is 1140. The molecule has 32 heavy (non-hydrogen) atoms. The second-order valence-corrected chi connectivity index (χ2v) is 9.05. The van der Waals surface area contributed by atoms with Crippen LogP contribution in [0.15, 0.2) is 53.2 Å². The van der Waals surface area contributed by atoms with E-state index in [0.29, 0.717) is 17.2 Å². The van der Waals surface area contributed by atoms with E-state index in [2.05, 4.69) is 12.2 Å². The molecule has 2 aromatic carbocycles. The molecule has 0 saturated carbocycles. The largest absolute Gasteiger partial charge is 0.350 e. The van der Waals surface area contributed by atoms with E-state index in [1.54, 1.807) is 36.4 Å². The van der Waals surface area contributed by atoms with Crippen LogP contribution in [-0.4, -0.2) is 35.7 Å². The third-order valence-electron chi connectivity index (χ3n) is 5.65. The second-order valence-electron chi connectivity index (χ2n) is 7.89. The summed E-state index contributed by atoms with van der Waals surface area (Å²) < 4.78 is 0. The molecule has 1 saturated heterocycles. The number of benzene rings is 2. The van der Waals surface area contributed by atoms with E-state index >= 15 is 0 Å². The Kier molecular flexibility index (Phi) is 6.47. The van der Waals surface area contributed by atoms with Gasteiger partial charge in [-0.3, -0.25) is 14.4 Å². The molecule has 2 aliphatic heterocycles. The van der Waals surface area contributed by atoms with Gasteiger partial charge < -0.3 is 10.2 Å². The first-order valence-corrected chi connectivity index (χ1v) is 11.3. The first kappa shape index (κ1) is 22.6. The van der Waals surface area contributed by atoms with Crippen molar-refractivity contribution in [3.8, 4) is 0 Å². The molecule has 0 atom stereocenters. The molecule has 2 aliphatic rings. The highest BCUT2D eigenvalue weighted by molar-refractivity contribution is 6.54. The van der Waals surface area contributed by atoms with Gasteiger partial charge in [0.25, 0.3) is 17.7 Å².